The Bertz CT molecular complexity index is 367. The summed E-state index contributed by atoms with van der Waals surface area (Å²) in [4.78, 5) is 0. The molecule has 0 unspecified atom stereocenters. The van der Waals surface area contributed by atoms with E-state index in [1.165, 1.54) is 0 Å². The Labute approximate surface area is 92.2 Å². The maximum atomic E-state index is 13.2. The van der Waals surface area contributed by atoms with E-state index in [2.05, 4.69) is 10.6 Å². The second kappa shape index (κ2) is 4.35. The maximum Gasteiger partial charge on any atom is 0.166 e. The predicted molar refractivity (Wildman–Crippen MR) is 56.7 cm³/mol. The highest BCUT2D eigenvalue weighted by atomic mass is 35.5. The number of nitrogens with one attached hydrogen (secondary N) is 2. The average molecular weight is 231 g/mol. The Morgan fingerprint density at radius 2 is 2.20 bits per heavy atom. The SMILES string of the molecule is Oc1c(F)cc(Cl)cc1[C@H]1CNCCN1. The van der Waals surface area contributed by atoms with Crippen molar-refractivity contribution in [2.75, 3.05) is 19.6 Å². The predicted octanol–water partition coefficient (Wildman–Crippen LogP) is 1.42. The minimum atomic E-state index is -0.676. The molecule has 1 atom stereocenters. The minimum absolute atomic E-state index is 0.0908. The van der Waals surface area contributed by atoms with Gasteiger partial charge in [0.2, 0.25) is 0 Å². The molecular weight excluding hydrogens is 219 g/mol. The second-order valence-electron chi connectivity index (χ2n) is 3.54. The van der Waals surface area contributed by atoms with E-state index < -0.39 is 5.82 Å². The fourth-order valence-corrected chi connectivity index (χ4v) is 1.94. The molecule has 1 saturated heterocycles. The van der Waals surface area contributed by atoms with Crippen molar-refractivity contribution >= 4 is 11.6 Å². The molecule has 3 N–H and O–H groups in total. The van der Waals surface area contributed by atoms with Gasteiger partial charge in [0, 0.05) is 36.3 Å². The van der Waals surface area contributed by atoms with Crippen LogP contribution in [0, 0.1) is 5.82 Å². The number of piperazine rings is 1. The lowest BCUT2D eigenvalue weighted by atomic mass is 10.0. The molecule has 0 spiro atoms. The summed E-state index contributed by atoms with van der Waals surface area (Å²) in [5.41, 5.74) is 0.507. The highest BCUT2D eigenvalue weighted by Crippen LogP contribution is 2.30. The largest absolute Gasteiger partial charge is 0.505 e. The van der Waals surface area contributed by atoms with Crippen LogP contribution in [0.15, 0.2) is 12.1 Å². The average Bonchev–Trinajstić information content (AvgIpc) is 2.24. The molecule has 15 heavy (non-hydrogen) atoms. The summed E-state index contributed by atoms with van der Waals surface area (Å²) in [6.45, 7) is 2.33. The maximum absolute atomic E-state index is 13.2. The van der Waals surface area contributed by atoms with E-state index in [0.717, 1.165) is 19.2 Å². The van der Waals surface area contributed by atoms with Crippen LogP contribution in [0.2, 0.25) is 5.02 Å². The molecule has 82 valence electrons. The number of hydrogen-bond acceptors (Lipinski definition) is 3. The van der Waals surface area contributed by atoms with E-state index in [9.17, 15) is 9.50 Å². The summed E-state index contributed by atoms with van der Waals surface area (Å²) in [5, 5.41) is 16.2. The first-order valence-corrected chi connectivity index (χ1v) is 5.18. The molecule has 1 aromatic rings. The molecule has 1 heterocycles. The quantitative estimate of drug-likeness (QED) is 0.684. The van der Waals surface area contributed by atoms with Crippen LogP contribution in [-0.2, 0) is 0 Å². The molecular formula is C10H12ClFN2O. The monoisotopic (exact) mass is 230 g/mol. The summed E-state index contributed by atoms with van der Waals surface area (Å²) < 4.78 is 13.2. The Balaban J connectivity index is 2.33. The first kappa shape index (κ1) is 10.7. The van der Waals surface area contributed by atoms with Gasteiger partial charge in [-0.05, 0) is 12.1 Å². The van der Waals surface area contributed by atoms with Gasteiger partial charge in [-0.2, -0.15) is 0 Å². The van der Waals surface area contributed by atoms with Crippen LogP contribution in [0.5, 0.6) is 5.75 Å². The summed E-state index contributed by atoms with van der Waals surface area (Å²) >= 11 is 5.74. The number of aromatic hydroxyl groups is 1. The van der Waals surface area contributed by atoms with E-state index in [1.807, 2.05) is 0 Å². The van der Waals surface area contributed by atoms with Crippen molar-refractivity contribution in [3.8, 4) is 5.75 Å². The van der Waals surface area contributed by atoms with Crippen molar-refractivity contribution in [1.82, 2.24) is 10.6 Å². The lowest BCUT2D eigenvalue weighted by molar-refractivity contribution is 0.387. The summed E-state index contributed by atoms with van der Waals surface area (Å²) in [6, 6.07) is 2.60. The van der Waals surface area contributed by atoms with Crippen LogP contribution in [0.1, 0.15) is 11.6 Å². The molecule has 5 heteroatoms. The normalized spacial score (nSPS) is 21.6. The van der Waals surface area contributed by atoms with Gasteiger partial charge in [0.15, 0.2) is 11.6 Å². The third-order valence-corrected chi connectivity index (χ3v) is 2.69. The van der Waals surface area contributed by atoms with Gasteiger partial charge in [-0.25, -0.2) is 4.39 Å². The number of phenolic OH excluding ortho intramolecular Hbond substituents is 1. The zero-order valence-electron chi connectivity index (χ0n) is 8.06. The van der Waals surface area contributed by atoms with Crippen molar-refractivity contribution in [2.24, 2.45) is 0 Å². The Kier molecular flexibility index (Phi) is 3.09. The van der Waals surface area contributed by atoms with E-state index in [1.54, 1.807) is 6.07 Å². The van der Waals surface area contributed by atoms with Crippen LogP contribution in [-0.4, -0.2) is 24.7 Å². The molecule has 1 aromatic carbocycles. The molecule has 1 aliphatic heterocycles. The first-order valence-electron chi connectivity index (χ1n) is 4.80. The topological polar surface area (TPSA) is 44.3 Å². The molecule has 1 fully saturated rings. The van der Waals surface area contributed by atoms with Gasteiger partial charge in [-0.15, -0.1) is 0 Å². The van der Waals surface area contributed by atoms with Gasteiger partial charge in [0.25, 0.3) is 0 Å². The number of phenols is 1. The molecule has 0 radical (unpaired) electrons. The smallest absolute Gasteiger partial charge is 0.166 e. The number of halogens is 2. The zero-order valence-corrected chi connectivity index (χ0v) is 8.81. The van der Waals surface area contributed by atoms with Crippen molar-refractivity contribution in [3.63, 3.8) is 0 Å². The van der Waals surface area contributed by atoms with Crippen LogP contribution < -0.4 is 10.6 Å². The molecule has 1 aliphatic rings. The Hall–Kier alpha value is -0.840. The lowest BCUT2D eigenvalue weighted by Crippen LogP contribution is -2.42. The van der Waals surface area contributed by atoms with Crippen molar-refractivity contribution in [1.29, 1.82) is 0 Å². The number of hydrogen-bond donors (Lipinski definition) is 3. The zero-order chi connectivity index (χ0) is 10.8. The number of benzene rings is 1. The molecule has 0 aliphatic carbocycles. The summed E-state index contributed by atoms with van der Waals surface area (Å²) in [7, 11) is 0. The third kappa shape index (κ3) is 2.22. The fourth-order valence-electron chi connectivity index (χ4n) is 1.72. The van der Waals surface area contributed by atoms with Gasteiger partial charge in [-0.1, -0.05) is 11.6 Å². The standard InChI is InChI=1S/C10H12ClFN2O/c11-6-3-7(10(15)8(12)4-6)9-5-13-1-2-14-9/h3-4,9,13-15H,1-2,5H2/t9-/m1/s1. The van der Waals surface area contributed by atoms with Crippen molar-refractivity contribution in [3.05, 3.63) is 28.5 Å². The third-order valence-electron chi connectivity index (χ3n) is 2.47. The van der Waals surface area contributed by atoms with E-state index in [0.29, 0.717) is 17.1 Å². The Morgan fingerprint density at radius 1 is 1.40 bits per heavy atom. The van der Waals surface area contributed by atoms with Gasteiger partial charge >= 0.3 is 0 Å². The van der Waals surface area contributed by atoms with Crippen LogP contribution in [0.3, 0.4) is 0 Å². The highest BCUT2D eigenvalue weighted by molar-refractivity contribution is 6.30. The van der Waals surface area contributed by atoms with Gasteiger partial charge in [-0.3, -0.25) is 0 Å². The first-order chi connectivity index (χ1) is 7.18. The summed E-state index contributed by atoms with van der Waals surface area (Å²) in [5.74, 6) is -0.995. The van der Waals surface area contributed by atoms with Gasteiger partial charge in [0.05, 0.1) is 0 Å². The summed E-state index contributed by atoms with van der Waals surface area (Å²) in [6.07, 6.45) is 0. The highest BCUT2D eigenvalue weighted by Gasteiger charge is 2.20. The Morgan fingerprint density at radius 3 is 2.87 bits per heavy atom. The molecule has 0 amide bonds. The van der Waals surface area contributed by atoms with Gasteiger partial charge in [0.1, 0.15) is 0 Å². The van der Waals surface area contributed by atoms with Crippen molar-refractivity contribution in [2.45, 2.75) is 6.04 Å². The molecule has 0 aromatic heterocycles. The van der Waals surface area contributed by atoms with E-state index in [4.69, 9.17) is 11.6 Å². The fraction of sp³-hybridized carbons (Fsp3) is 0.400. The van der Waals surface area contributed by atoms with E-state index >= 15 is 0 Å². The molecule has 0 bridgehead atoms. The van der Waals surface area contributed by atoms with E-state index in [-0.39, 0.29) is 11.8 Å². The van der Waals surface area contributed by atoms with Crippen LogP contribution in [0.4, 0.5) is 4.39 Å². The van der Waals surface area contributed by atoms with Crippen LogP contribution >= 0.6 is 11.6 Å². The molecule has 3 nitrogen and oxygen atoms in total. The van der Waals surface area contributed by atoms with Crippen molar-refractivity contribution < 1.29 is 9.50 Å². The van der Waals surface area contributed by atoms with Crippen LogP contribution in [0.25, 0.3) is 0 Å². The lowest BCUT2D eigenvalue weighted by Gasteiger charge is -2.25. The number of rotatable bonds is 1. The van der Waals surface area contributed by atoms with Gasteiger partial charge < -0.3 is 15.7 Å². The second-order valence-corrected chi connectivity index (χ2v) is 3.97. The molecule has 0 saturated carbocycles. The molecule has 2 rings (SSSR count). The minimum Gasteiger partial charge on any atom is -0.505 e.